The second kappa shape index (κ2) is 4.31. The van der Waals surface area contributed by atoms with Gasteiger partial charge in [-0.15, -0.1) is 0 Å². The highest BCUT2D eigenvalue weighted by Gasteiger charge is 2.38. The number of piperidine rings is 1. The van der Waals surface area contributed by atoms with Crippen LogP contribution in [0.15, 0.2) is 22.9 Å². The van der Waals surface area contributed by atoms with Crippen LogP contribution in [0.3, 0.4) is 0 Å². The number of furan rings is 1. The van der Waals surface area contributed by atoms with Crippen molar-refractivity contribution in [2.24, 2.45) is 5.92 Å². The molecule has 104 valence electrons. The fourth-order valence-electron chi connectivity index (χ4n) is 3.37. The lowest BCUT2D eigenvalue weighted by atomic mass is 10.00. The molecule has 5 nitrogen and oxygen atoms in total. The Bertz CT molecular complexity index is 679. The lowest BCUT2D eigenvalue weighted by Gasteiger charge is -2.22. The molecule has 1 N–H and O–H groups in total. The molecule has 2 saturated heterocycles. The van der Waals surface area contributed by atoms with E-state index in [1.807, 2.05) is 13.0 Å². The first-order chi connectivity index (χ1) is 9.70. The summed E-state index contributed by atoms with van der Waals surface area (Å²) >= 11 is 0. The monoisotopic (exact) mass is 271 g/mol. The minimum Gasteiger partial charge on any atom is -0.462 e. The summed E-state index contributed by atoms with van der Waals surface area (Å²) in [5.41, 5.74) is 2.23. The zero-order valence-electron chi connectivity index (χ0n) is 11.4. The Kier molecular flexibility index (Phi) is 2.57. The van der Waals surface area contributed by atoms with E-state index in [-0.39, 0.29) is 11.9 Å². The smallest absolute Gasteiger partial charge is 0.270 e. The molecule has 0 radical (unpaired) electrons. The summed E-state index contributed by atoms with van der Waals surface area (Å²) in [6, 6.07) is 2.09. The van der Waals surface area contributed by atoms with Gasteiger partial charge >= 0.3 is 0 Å². The quantitative estimate of drug-likeness (QED) is 0.900. The van der Waals surface area contributed by atoms with Crippen LogP contribution in [-0.4, -0.2) is 41.5 Å². The number of carbonyl (C=O) groups is 1. The van der Waals surface area contributed by atoms with Crippen LogP contribution in [-0.2, 0) is 0 Å². The first-order valence-corrected chi connectivity index (χ1v) is 7.08. The van der Waals surface area contributed by atoms with Crippen molar-refractivity contribution in [1.29, 1.82) is 0 Å². The third-order valence-corrected chi connectivity index (χ3v) is 4.54. The van der Waals surface area contributed by atoms with Crippen molar-refractivity contribution in [3.63, 3.8) is 0 Å². The number of hydrogen-bond donors (Lipinski definition) is 1. The van der Waals surface area contributed by atoms with Gasteiger partial charge in [0, 0.05) is 24.5 Å². The fourth-order valence-corrected chi connectivity index (χ4v) is 3.37. The van der Waals surface area contributed by atoms with Gasteiger partial charge in [-0.2, -0.15) is 0 Å². The van der Waals surface area contributed by atoms with E-state index in [1.54, 1.807) is 12.5 Å². The number of aromatic nitrogens is 1. The molecular weight excluding hydrogens is 254 g/mol. The van der Waals surface area contributed by atoms with E-state index in [0.29, 0.717) is 11.6 Å². The Labute approximate surface area is 117 Å². The summed E-state index contributed by atoms with van der Waals surface area (Å²) in [6.07, 6.45) is 4.51. The maximum absolute atomic E-state index is 12.3. The van der Waals surface area contributed by atoms with Crippen LogP contribution in [0.1, 0.15) is 22.5 Å². The Morgan fingerprint density at radius 1 is 1.50 bits per heavy atom. The number of nitrogens with one attached hydrogen (secondary N) is 1. The molecule has 2 bridgehead atoms. The van der Waals surface area contributed by atoms with E-state index in [1.165, 1.54) is 13.0 Å². The SMILES string of the molecule is Cc1coc2cnc(C(=O)NC3CN4CC[C@H]3C4)cc12. The molecule has 20 heavy (non-hydrogen) atoms. The van der Waals surface area contributed by atoms with Gasteiger partial charge in [-0.1, -0.05) is 0 Å². The molecule has 2 aliphatic rings. The molecule has 4 heterocycles. The molecule has 0 aliphatic carbocycles. The minimum atomic E-state index is -0.0775. The number of rotatable bonds is 2. The van der Waals surface area contributed by atoms with Gasteiger partial charge < -0.3 is 14.6 Å². The molecule has 2 aliphatic heterocycles. The van der Waals surface area contributed by atoms with Crippen molar-refractivity contribution in [2.75, 3.05) is 19.6 Å². The van der Waals surface area contributed by atoms with E-state index in [0.717, 1.165) is 29.6 Å². The highest BCUT2D eigenvalue weighted by atomic mass is 16.3. The van der Waals surface area contributed by atoms with Crippen LogP contribution in [0.25, 0.3) is 11.0 Å². The number of nitrogens with zero attached hydrogens (tertiary/aromatic N) is 2. The molecule has 0 aromatic carbocycles. The van der Waals surface area contributed by atoms with Crippen molar-refractivity contribution >= 4 is 16.9 Å². The van der Waals surface area contributed by atoms with Crippen LogP contribution in [0.5, 0.6) is 0 Å². The van der Waals surface area contributed by atoms with E-state index in [9.17, 15) is 4.79 Å². The van der Waals surface area contributed by atoms with Crippen molar-refractivity contribution in [1.82, 2.24) is 15.2 Å². The van der Waals surface area contributed by atoms with E-state index in [4.69, 9.17) is 4.42 Å². The van der Waals surface area contributed by atoms with Gasteiger partial charge in [-0.25, -0.2) is 4.98 Å². The highest BCUT2D eigenvalue weighted by molar-refractivity contribution is 5.96. The number of hydrogen-bond acceptors (Lipinski definition) is 4. The summed E-state index contributed by atoms with van der Waals surface area (Å²) in [5, 5.41) is 4.09. The molecule has 4 rings (SSSR count). The molecule has 0 spiro atoms. The van der Waals surface area contributed by atoms with Gasteiger partial charge in [-0.3, -0.25) is 4.79 Å². The predicted octanol–water partition coefficient (Wildman–Crippen LogP) is 1.57. The second-order valence-corrected chi connectivity index (χ2v) is 5.87. The average Bonchev–Trinajstić information content (AvgIpc) is 3.15. The number of fused-ring (bicyclic) bond motifs is 3. The van der Waals surface area contributed by atoms with Crippen LogP contribution in [0, 0.1) is 12.8 Å². The van der Waals surface area contributed by atoms with Crippen molar-refractivity contribution in [3.05, 3.63) is 29.8 Å². The number of pyridine rings is 1. The first-order valence-electron chi connectivity index (χ1n) is 7.08. The molecule has 2 aromatic heterocycles. The third kappa shape index (κ3) is 1.81. The number of aryl methyl sites for hydroxylation is 1. The molecule has 5 heteroatoms. The first kappa shape index (κ1) is 11.9. The van der Waals surface area contributed by atoms with E-state index >= 15 is 0 Å². The molecule has 2 aromatic rings. The topological polar surface area (TPSA) is 58.4 Å². The predicted molar refractivity (Wildman–Crippen MR) is 74.5 cm³/mol. The average molecular weight is 271 g/mol. The largest absolute Gasteiger partial charge is 0.462 e. The van der Waals surface area contributed by atoms with Gasteiger partial charge in [0.15, 0.2) is 5.58 Å². The Balaban J connectivity index is 1.56. The Morgan fingerprint density at radius 2 is 2.40 bits per heavy atom. The zero-order chi connectivity index (χ0) is 13.7. The Hall–Kier alpha value is -1.88. The molecule has 3 atom stereocenters. The molecular formula is C15H17N3O2. The second-order valence-electron chi connectivity index (χ2n) is 5.87. The zero-order valence-corrected chi connectivity index (χ0v) is 11.4. The van der Waals surface area contributed by atoms with Crippen molar-refractivity contribution in [2.45, 2.75) is 19.4 Å². The summed E-state index contributed by atoms with van der Waals surface area (Å²) in [7, 11) is 0. The standard InChI is InChI=1S/C15H17N3O2/c1-9-8-20-14-5-16-12(4-11(9)14)15(19)17-13-7-18-3-2-10(13)6-18/h4-5,8,10,13H,2-3,6-7H2,1H3,(H,17,19)/t10-,13?/m0/s1. The maximum Gasteiger partial charge on any atom is 0.270 e. The minimum absolute atomic E-state index is 0.0775. The van der Waals surface area contributed by atoms with Crippen LogP contribution < -0.4 is 5.32 Å². The van der Waals surface area contributed by atoms with Gasteiger partial charge in [-0.05, 0) is 37.4 Å². The van der Waals surface area contributed by atoms with Crippen molar-refractivity contribution in [3.8, 4) is 0 Å². The fraction of sp³-hybridized carbons (Fsp3) is 0.467. The lowest BCUT2D eigenvalue weighted by molar-refractivity contribution is 0.0919. The lowest BCUT2D eigenvalue weighted by Crippen LogP contribution is -2.43. The summed E-state index contributed by atoms with van der Waals surface area (Å²) in [4.78, 5) is 18.9. The molecule has 2 fully saturated rings. The molecule has 0 saturated carbocycles. The number of carbonyl (C=O) groups excluding carboxylic acids is 1. The van der Waals surface area contributed by atoms with E-state index < -0.39 is 0 Å². The number of amides is 1. The summed E-state index contributed by atoms with van der Waals surface area (Å²) in [6.45, 7) is 5.24. The molecule has 1 amide bonds. The van der Waals surface area contributed by atoms with Crippen molar-refractivity contribution < 1.29 is 9.21 Å². The van der Waals surface area contributed by atoms with Crippen LogP contribution in [0.2, 0.25) is 0 Å². The van der Waals surface area contributed by atoms with Crippen LogP contribution >= 0.6 is 0 Å². The van der Waals surface area contributed by atoms with E-state index in [2.05, 4.69) is 15.2 Å². The third-order valence-electron chi connectivity index (χ3n) is 4.54. The highest BCUT2D eigenvalue weighted by Crippen LogP contribution is 2.28. The van der Waals surface area contributed by atoms with Crippen LogP contribution in [0.4, 0.5) is 0 Å². The summed E-state index contributed by atoms with van der Waals surface area (Å²) < 4.78 is 5.36. The van der Waals surface area contributed by atoms with Gasteiger partial charge in [0.05, 0.1) is 12.5 Å². The van der Waals surface area contributed by atoms with Gasteiger partial charge in [0.25, 0.3) is 5.91 Å². The maximum atomic E-state index is 12.3. The normalized spacial score (nSPS) is 28.1. The van der Waals surface area contributed by atoms with Gasteiger partial charge in [0.2, 0.25) is 0 Å². The summed E-state index contributed by atoms with van der Waals surface area (Å²) in [5.74, 6) is 0.532. The molecule has 2 unspecified atom stereocenters. The van der Waals surface area contributed by atoms with Gasteiger partial charge in [0.1, 0.15) is 5.69 Å². The Morgan fingerprint density at radius 3 is 3.15 bits per heavy atom.